The number of benzene rings is 1. The molecular formula is C29H39F7O. The second-order valence-electron chi connectivity index (χ2n) is 10.9. The number of hydrogen-bond donors (Lipinski definition) is 0. The van der Waals surface area contributed by atoms with Gasteiger partial charge in [0.15, 0.2) is 6.61 Å². The van der Waals surface area contributed by atoms with Gasteiger partial charge in [-0.15, -0.1) is 0 Å². The van der Waals surface area contributed by atoms with Crippen molar-refractivity contribution in [3.8, 4) is 5.75 Å². The van der Waals surface area contributed by atoms with Crippen LogP contribution in [0.5, 0.6) is 5.75 Å². The molecule has 0 heterocycles. The molecule has 0 N–H and O–H groups in total. The molecular weight excluding hydrogens is 497 g/mol. The van der Waals surface area contributed by atoms with Crippen molar-refractivity contribution in [1.82, 2.24) is 0 Å². The van der Waals surface area contributed by atoms with E-state index in [-0.39, 0.29) is 5.75 Å². The fourth-order valence-corrected chi connectivity index (χ4v) is 5.83. The molecule has 0 atom stereocenters. The van der Waals surface area contributed by atoms with Crippen molar-refractivity contribution in [2.24, 2.45) is 23.7 Å². The van der Waals surface area contributed by atoms with E-state index in [0.29, 0.717) is 5.92 Å². The highest BCUT2D eigenvalue weighted by Gasteiger charge is 2.73. The van der Waals surface area contributed by atoms with Gasteiger partial charge in [-0.05, 0) is 79.9 Å². The molecule has 0 radical (unpaired) electrons. The number of alkyl halides is 7. The van der Waals surface area contributed by atoms with Crippen LogP contribution in [-0.2, 0) is 0 Å². The van der Waals surface area contributed by atoms with E-state index in [1.165, 1.54) is 76.3 Å². The van der Waals surface area contributed by atoms with Crippen molar-refractivity contribution in [3.63, 3.8) is 0 Å². The van der Waals surface area contributed by atoms with Gasteiger partial charge in [-0.3, -0.25) is 0 Å². The summed E-state index contributed by atoms with van der Waals surface area (Å²) < 4.78 is 94.0. The Morgan fingerprint density at radius 3 is 1.89 bits per heavy atom. The van der Waals surface area contributed by atoms with Gasteiger partial charge in [-0.2, -0.15) is 30.7 Å². The van der Waals surface area contributed by atoms with E-state index in [1.54, 1.807) is 12.1 Å². The summed E-state index contributed by atoms with van der Waals surface area (Å²) in [6.45, 7) is 0.181. The minimum absolute atomic E-state index is 0.199. The highest BCUT2D eigenvalue weighted by atomic mass is 19.4. The Balaban J connectivity index is 1.40. The average molecular weight is 537 g/mol. The summed E-state index contributed by atoms with van der Waals surface area (Å²) in [6, 6.07) is 5.71. The highest BCUT2D eigenvalue weighted by molar-refractivity contribution is 5.50. The second kappa shape index (κ2) is 12.9. The van der Waals surface area contributed by atoms with Gasteiger partial charge in [0.05, 0.1) is 0 Å². The summed E-state index contributed by atoms with van der Waals surface area (Å²) in [5, 5.41) is 0. The minimum Gasteiger partial charge on any atom is -0.487 e. The molecule has 2 fully saturated rings. The number of allylic oxidation sites excluding steroid dienone is 1. The van der Waals surface area contributed by atoms with Crippen LogP contribution in [-0.4, -0.2) is 24.6 Å². The normalized spacial score (nSPS) is 25.9. The van der Waals surface area contributed by atoms with Gasteiger partial charge in [0.1, 0.15) is 5.75 Å². The van der Waals surface area contributed by atoms with Gasteiger partial charge in [0.25, 0.3) is 0 Å². The standard InChI is InChI=1S/C29H39F7O/c1-2-3-4-5-21-8-14-24(15-9-21)25-16-10-22(11-17-25)6-7-23-12-18-26(19-13-23)37-20-27(30,31)28(32,33)29(34,35)36/h6-7,12-13,18-19,21-22,24-25H,2-5,8-11,14-17,20H2,1H3. The van der Waals surface area contributed by atoms with Crippen LogP contribution in [0.15, 0.2) is 30.3 Å². The van der Waals surface area contributed by atoms with Crippen molar-refractivity contribution in [1.29, 1.82) is 0 Å². The predicted molar refractivity (Wildman–Crippen MR) is 132 cm³/mol. The number of hydrogen-bond acceptors (Lipinski definition) is 1. The Morgan fingerprint density at radius 2 is 1.35 bits per heavy atom. The third kappa shape index (κ3) is 8.13. The molecule has 1 nitrogen and oxygen atoms in total. The van der Waals surface area contributed by atoms with Gasteiger partial charge in [-0.1, -0.05) is 69.7 Å². The van der Waals surface area contributed by atoms with E-state index < -0.39 is 24.6 Å². The Hall–Kier alpha value is -1.73. The molecule has 0 aliphatic heterocycles. The maximum Gasteiger partial charge on any atom is 0.460 e. The smallest absolute Gasteiger partial charge is 0.460 e. The number of rotatable bonds is 11. The summed E-state index contributed by atoms with van der Waals surface area (Å²) in [5.41, 5.74) is 0.781. The first-order chi connectivity index (χ1) is 17.4. The van der Waals surface area contributed by atoms with Crippen LogP contribution < -0.4 is 4.74 Å². The lowest BCUT2D eigenvalue weighted by molar-refractivity contribution is -0.358. The zero-order valence-electron chi connectivity index (χ0n) is 21.5. The van der Waals surface area contributed by atoms with Crippen LogP contribution >= 0.6 is 0 Å². The molecule has 210 valence electrons. The lowest BCUT2D eigenvalue weighted by Gasteiger charge is -2.37. The summed E-state index contributed by atoms with van der Waals surface area (Å²) in [5.74, 6) is -8.66. The molecule has 37 heavy (non-hydrogen) atoms. The largest absolute Gasteiger partial charge is 0.487 e. The van der Waals surface area contributed by atoms with Crippen LogP contribution in [0.4, 0.5) is 30.7 Å². The number of unbranched alkanes of at least 4 members (excludes halogenated alkanes) is 2. The van der Waals surface area contributed by atoms with E-state index in [4.69, 9.17) is 0 Å². The van der Waals surface area contributed by atoms with Crippen molar-refractivity contribution in [2.75, 3.05) is 6.61 Å². The van der Waals surface area contributed by atoms with Crippen LogP contribution in [0.3, 0.4) is 0 Å². The van der Waals surface area contributed by atoms with Crippen molar-refractivity contribution >= 4 is 6.08 Å². The van der Waals surface area contributed by atoms with Gasteiger partial charge in [0.2, 0.25) is 0 Å². The van der Waals surface area contributed by atoms with E-state index in [9.17, 15) is 30.7 Å². The summed E-state index contributed by atoms with van der Waals surface area (Å²) in [6.07, 6.45) is 13.4. The Bertz CT molecular complexity index is 831. The molecule has 0 aromatic heterocycles. The molecule has 0 saturated heterocycles. The fourth-order valence-electron chi connectivity index (χ4n) is 5.83. The average Bonchev–Trinajstić information content (AvgIpc) is 2.87. The molecule has 1 aromatic carbocycles. The number of halogens is 7. The molecule has 2 aliphatic carbocycles. The van der Waals surface area contributed by atoms with Gasteiger partial charge in [-0.25, -0.2) is 0 Å². The first kappa shape index (κ1) is 29.8. The van der Waals surface area contributed by atoms with Crippen LogP contribution in [0, 0.1) is 23.7 Å². The predicted octanol–water partition coefficient (Wildman–Crippen LogP) is 10.1. The maximum absolute atomic E-state index is 13.4. The zero-order chi connectivity index (χ0) is 27.1. The Morgan fingerprint density at radius 1 is 0.784 bits per heavy atom. The summed E-state index contributed by atoms with van der Waals surface area (Å²) in [7, 11) is 0. The highest BCUT2D eigenvalue weighted by Crippen LogP contribution is 2.46. The third-order valence-electron chi connectivity index (χ3n) is 8.27. The lowest BCUT2D eigenvalue weighted by Crippen LogP contribution is -2.54. The van der Waals surface area contributed by atoms with Crippen molar-refractivity contribution < 1.29 is 35.5 Å². The zero-order valence-corrected chi connectivity index (χ0v) is 21.5. The van der Waals surface area contributed by atoms with Crippen LogP contribution in [0.1, 0.15) is 89.5 Å². The minimum atomic E-state index is -6.36. The quantitative estimate of drug-likeness (QED) is 0.202. The molecule has 8 heteroatoms. The maximum atomic E-state index is 13.4. The third-order valence-corrected chi connectivity index (χ3v) is 8.27. The second-order valence-corrected chi connectivity index (χ2v) is 10.9. The molecule has 2 saturated carbocycles. The molecule has 0 amide bonds. The van der Waals surface area contributed by atoms with E-state index in [2.05, 4.69) is 17.7 Å². The monoisotopic (exact) mass is 536 g/mol. The lowest BCUT2D eigenvalue weighted by atomic mass is 9.68. The van der Waals surface area contributed by atoms with Crippen LogP contribution in [0.2, 0.25) is 0 Å². The van der Waals surface area contributed by atoms with Gasteiger partial charge >= 0.3 is 18.0 Å². The molecule has 0 unspecified atom stereocenters. The van der Waals surface area contributed by atoms with Crippen LogP contribution in [0.25, 0.3) is 6.08 Å². The first-order valence-corrected chi connectivity index (χ1v) is 13.7. The molecule has 0 bridgehead atoms. The van der Waals surface area contributed by atoms with Crippen molar-refractivity contribution in [2.45, 2.75) is 102 Å². The van der Waals surface area contributed by atoms with E-state index in [0.717, 1.165) is 36.2 Å². The number of ether oxygens (including phenoxy) is 1. The molecule has 0 spiro atoms. The molecule has 1 aromatic rings. The van der Waals surface area contributed by atoms with Crippen molar-refractivity contribution in [3.05, 3.63) is 35.9 Å². The van der Waals surface area contributed by atoms with Gasteiger partial charge in [0, 0.05) is 0 Å². The topological polar surface area (TPSA) is 9.23 Å². The van der Waals surface area contributed by atoms with Gasteiger partial charge < -0.3 is 4.74 Å². The molecule has 3 rings (SSSR count). The summed E-state index contributed by atoms with van der Waals surface area (Å²) in [4.78, 5) is 0. The SMILES string of the molecule is CCCCCC1CCC(C2CCC(C=Cc3ccc(OCC(F)(F)C(F)(F)C(F)(F)F)cc3)CC2)CC1. The van der Waals surface area contributed by atoms with E-state index >= 15 is 0 Å². The Labute approximate surface area is 215 Å². The van der Waals surface area contributed by atoms with E-state index in [1.807, 2.05) is 6.08 Å². The summed E-state index contributed by atoms with van der Waals surface area (Å²) >= 11 is 0. The first-order valence-electron chi connectivity index (χ1n) is 13.7. The fraction of sp³-hybridized carbons (Fsp3) is 0.724. The molecule has 2 aliphatic rings. The Kier molecular flexibility index (Phi) is 10.4.